The van der Waals surface area contributed by atoms with E-state index < -0.39 is 15.6 Å². The van der Waals surface area contributed by atoms with E-state index >= 15 is 0 Å². The minimum absolute atomic E-state index is 0.234. The van der Waals surface area contributed by atoms with E-state index in [2.05, 4.69) is 27.4 Å². The van der Waals surface area contributed by atoms with Crippen LogP contribution in [0.25, 0.3) is 0 Å². The van der Waals surface area contributed by atoms with Gasteiger partial charge in [0.1, 0.15) is 11.5 Å². The summed E-state index contributed by atoms with van der Waals surface area (Å²) in [6, 6.07) is 15.4. The predicted octanol–water partition coefficient (Wildman–Crippen LogP) is 2.92. The van der Waals surface area contributed by atoms with Crippen LogP contribution in [0.1, 0.15) is 21.5 Å². The molecule has 0 spiro atoms. The Hall–Kier alpha value is -3.76. The van der Waals surface area contributed by atoms with Crippen LogP contribution in [0.2, 0.25) is 0 Å². The fraction of sp³-hybridized carbons (Fsp3) is 0.0870. The zero-order chi connectivity index (χ0) is 21.6. The summed E-state index contributed by atoms with van der Waals surface area (Å²) < 4.78 is 25.7. The molecule has 7 heteroatoms. The van der Waals surface area contributed by atoms with Gasteiger partial charge in [0.05, 0.1) is 29.5 Å². The van der Waals surface area contributed by atoms with Crippen molar-refractivity contribution in [1.82, 2.24) is 9.71 Å². The number of benzene rings is 2. The molecule has 1 atom stereocenters. The highest BCUT2D eigenvalue weighted by atomic mass is 32.2. The van der Waals surface area contributed by atoms with Gasteiger partial charge in [0, 0.05) is 34.5 Å². The molecule has 1 N–H and O–H groups in total. The summed E-state index contributed by atoms with van der Waals surface area (Å²) in [6.07, 6.45) is 2.93. The molecule has 0 radical (unpaired) electrons. The van der Waals surface area contributed by atoms with Crippen molar-refractivity contribution in [2.24, 2.45) is 0 Å². The summed E-state index contributed by atoms with van der Waals surface area (Å²) in [4.78, 5) is 17.1. The van der Waals surface area contributed by atoms with E-state index in [4.69, 9.17) is 9.47 Å². The Labute approximate surface area is 176 Å². The van der Waals surface area contributed by atoms with Crippen LogP contribution in [-0.4, -0.2) is 35.2 Å². The molecule has 0 aliphatic heterocycles. The summed E-state index contributed by atoms with van der Waals surface area (Å²) in [6.45, 7) is 0. The molecule has 152 valence electrons. The Balaban J connectivity index is 1.82. The topological polar surface area (TPSA) is 77.5 Å². The fourth-order valence-corrected chi connectivity index (χ4v) is 3.70. The van der Waals surface area contributed by atoms with E-state index in [0.29, 0.717) is 27.5 Å². The molecule has 0 saturated carbocycles. The smallest absolute Gasteiger partial charge is 0.264 e. The van der Waals surface area contributed by atoms with Gasteiger partial charge in [-0.1, -0.05) is 30.0 Å². The van der Waals surface area contributed by atoms with Gasteiger partial charge >= 0.3 is 0 Å². The van der Waals surface area contributed by atoms with Gasteiger partial charge in [0.15, 0.2) is 0 Å². The van der Waals surface area contributed by atoms with Crippen LogP contribution in [-0.2, 0) is 9.71 Å². The second kappa shape index (κ2) is 9.16. The lowest BCUT2D eigenvalue weighted by Gasteiger charge is -2.11. The van der Waals surface area contributed by atoms with Crippen LogP contribution < -0.4 is 14.2 Å². The van der Waals surface area contributed by atoms with Crippen molar-refractivity contribution in [2.45, 2.75) is 4.90 Å². The standard InChI is InChI=1S/C23H20N2O4S/c1-28-20-12-17(13-21(14-20)29-2)9-10-18-11-19(16-24-15-18)23(26)25-30(3,27)22-7-5-4-6-8-22/h4-8,11-16H,3H2,1-2H3,(H,25,26,27). The second-order valence-corrected chi connectivity index (χ2v) is 8.26. The molecule has 1 unspecified atom stereocenters. The third-order valence-corrected chi connectivity index (χ3v) is 5.63. The molecule has 1 heterocycles. The maximum atomic E-state index is 12.8. The Morgan fingerprint density at radius 3 is 2.23 bits per heavy atom. The molecule has 1 amide bonds. The highest BCUT2D eigenvalue weighted by Gasteiger charge is 2.14. The molecular weight excluding hydrogens is 400 g/mol. The van der Waals surface area contributed by atoms with Crippen LogP contribution in [0.3, 0.4) is 0 Å². The Kier molecular flexibility index (Phi) is 6.40. The van der Waals surface area contributed by atoms with Gasteiger partial charge in [-0.25, -0.2) is 4.21 Å². The van der Waals surface area contributed by atoms with Crippen molar-refractivity contribution in [1.29, 1.82) is 0 Å². The van der Waals surface area contributed by atoms with E-state index in [9.17, 15) is 9.00 Å². The van der Waals surface area contributed by atoms with E-state index in [1.54, 1.807) is 75.0 Å². The second-order valence-electron chi connectivity index (χ2n) is 6.23. The third kappa shape index (κ3) is 5.19. The quantitative estimate of drug-likeness (QED) is 0.507. The molecule has 1 aromatic heterocycles. The summed E-state index contributed by atoms with van der Waals surface area (Å²) in [5, 5.41) is 0. The Morgan fingerprint density at radius 1 is 0.967 bits per heavy atom. The first-order chi connectivity index (χ1) is 14.4. The Bertz CT molecular complexity index is 1200. The molecule has 6 nitrogen and oxygen atoms in total. The summed E-state index contributed by atoms with van der Waals surface area (Å²) in [5.41, 5.74) is 1.45. The van der Waals surface area contributed by atoms with Gasteiger partial charge in [-0.2, -0.15) is 0 Å². The lowest BCUT2D eigenvalue weighted by atomic mass is 10.1. The number of carbonyl (C=O) groups is 1. The lowest BCUT2D eigenvalue weighted by Crippen LogP contribution is -2.30. The van der Waals surface area contributed by atoms with Gasteiger partial charge in [-0.15, -0.1) is 0 Å². The number of hydrogen-bond donors (Lipinski definition) is 1. The maximum Gasteiger partial charge on any atom is 0.264 e. The van der Waals surface area contributed by atoms with Crippen molar-refractivity contribution in [3.8, 4) is 23.3 Å². The Morgan fingerprint density at radius 2 is 1.60 bits per heavy atom. The van der Waals surface area contributed by atoms with Gasteiger partial charge in [0.2, 0.25) is 0 Å². The first kappa shape index (κ1) is 21.0. The normalized spacial score (nSPS) is 12.1. The maximum absolute atomic E-state index is 12.8. The number of hydrogen-bond acceptors (Lipinski definition) is 5. The molecule has 0 aliphatic carbocycles. The van der Waals surface area contributed by atoms with Crippen molar-refractivity contribution < 1.29 is 18.5 Å². The molecule has 3 rings (SSSR count). The number of rotatable bonds is 5. The largest absolute Gasteiger partial charge is 0.497 e. The van der Waals surface area contributed by atoms with Crippen molar-refractivity contribution in [3.05, 3.63) is 83.7 Å². The first-order valence-electron chi connectivity index (χ1n) is 8.86. The van der Waals surface area contributed by atoms with E-state index in [1.165, 1.54) is 6.20 Å². The predicted molar refractivity (Wildman–Crippen MR) is 117 cm³/mol. The fourth-order valence-electron chi connectivity index (χ4n) is 2.56. The molecule has 0 saturated heterocycles. The number of nitrogens with zero attached hydrogens (tertiary/aromatic N) is 1. The molecule has 2 aromatic carbocycles. The van der Waals surface area contributed by atoms with Crippen LogP contribution >= 0.6 is 0 Å². The van der Waals surface area contributed by atoms with Gasteiger partial charge in [0.25, 0.3) is 5.91 Å². The number of pyridine rings is 1. The minimum atomic E-state index is -2.98. The van der Waals surface area contributed by atoms with E-state index in [1.807, 2.05) is 0 Å². The van der Waals surface area contributed by atoms with Gasteiger partial charge in [-0.3, -0.25) is 14.5 Å². The number of aromatic nitrogens is 1. The van der Waals surface area contributed by atoms with E-state index in [0.717, 1.165) is 0 Å². The summed E-state index contributed by atoms with van der Waals surface area (Å²) in [5.74, 6) is 10.3. The SMILES string of the molecule is C=S(=O)(NC(=O)c1cncc(C#Cc2cc(OC)cc(OC)c2)c1)c1ccccc1. The highest BCUT2D eigenvalue weighted by molar-refractivity contribution is 7.99. The van der Waals surface area contributed by atoms with Crippen LogP contribution in [0.5, 0.6) is 11.5 Å². The van der Waals surface area contributed by atoms with E-state index in [-0.39, 0.29) is 5.56 Å². The minimum Gasteiger partial charge on any atom is -0.497 e. The highest BCUT2D eigenvalue weighted by Crippen LogP contribution is 2.22. The van der Waals surface area contributed by atoms with Crippen molar-refractivity contribution in [2.75, 3.05) is 14.2 Å². The zero-order valence-electron chi connectivity index (χ0n) is 16.5. The first-order valence-corrected chi connectivity index (χ1v) is 10.6. The zero-order valence-corrected chi connectivity index (χ0v) is 17.4. The van der Waals surface area contributed by atoms with Gasteiger partial charge < -0.3 is 9.47 Å². The third-order valence-electron chi connectivity index (χ3n) is 4.08. The lowest BCUT2D eigenvalue weighted by molar-refractivity contribution is 0.0982. The van der Waals surface area contributed by atoms with Crippen molar-refractivity contribution >= 4 is 21.5 Å². The van der Waals surface area contributed by atoms with Crippen molar-refractivity contribution in [3.63, 3.8) is 0 Å². The average molecular weight is 420 g/mol. The molecule has 0 fully saturated rings. The number of nitrogens with one attached hydrogen (secondary N) is 1. The molecule has 3 aromatic rings. The van der Waals surface area contributed by atoms with Crippen LogP contribution in [0.4, 0.5) is 0 Å². The number of amides is 1. The number of methoxy groups -OCH3 is 2. The number of ether oxygens (including phenoxy) is 2. The monoisotopic (exact) mass is 420 g/mol. The summed E-state index contributed by atoms with van der Waals surface area (Å²) in [7, 11) is 0.145. The number of carbonyl (C=O) groups excluding carboxylic acids is 1. The van der Waals surface area contributed by atoms with Crippen LogP contribution in [0, 0.1) is 11.8 Å². The molecule has 30 heavy (non-hydrogen) atoms. The summed E-state index contributed by atoms with van der Waals surface area (Å²) >= 11 is 0. The molecular formula is C23H20N2O4S. The molecule has 0 aliphatic rings. The average Bonchev–Trinajstić information content (AvgIpc) is 2.78. The van der Waals surface area contributed by atoms with Gasteiger partial charge in [-0.05, 0) is 36.2 Å². The van der Waals surface area contributed by atoms with Crippen LogP contribution in [0.15, 0.2) is 71.9 Å². The molecule has 0 bridgehead atoms.